The summed E-state index contributed by atoms with van der Waals surface area (Å²) >= 11 is 0. The van der Waals surface area contributed by atoms with Crippen LogP contribution in [0.1, 0.15) is 24.9 Å². The smallest absolute Gasteiger partial charge is 0.405 e. The van der Waals surface area contributed by atoms with E-state index >= 15 is 0 Å². The summed E-state index contributed by atoms with van der Waals surface area (Å²) in [6, 6.07) is 6.37. The van der Waals surface area contributed by atoms with E-state index in [1.165, 1.54) is 6.07 Å². The summed E-state index contributed by atoms with van der Waals surface area (Å²) in [5.74, 6) is -0.0922. The van der Waals surface area contributed by atoms with Crippen molar-refractivity contribution >= 4 is 12.4 Å². The first-order valence-electron chi connectivity index (χ1n) is 6.80. The van der Waals surface area contributed by atoms with Crippen molar-refractivity contribution in [3.8, 4) is 5.75 Å². The zero-order chi connectivity index (χ0) is 14.6. The van der Waals surface area contributed by atoms with Gasteiger partial charge in [0, 0.05) is 37.8 Å². The lowest BCUT2D eigenvalue weighted by atomic mass is 10.0. The fourth-order valence-corrected chi connectivity index (χ4v) is 2.64. The summed E-state index contributed by atoms with van der Waals surface area (Å²) in [6.07, 6.45) is -3.91. The molecule has 1 N–H and O–H groups in total. The number of nitrogens with one attached hydrogen (secondary N) is 1. The second-order valence-corrected chi connectivity index (χ2v) is 4.80. The molecule has 3 nitrogen and oxygen atoms in total. The Morgan fingerprint density at radius 3 is 2.43 bits per heavy atom. The number of piperazine rings is 1. The molecule has 0 unspecified atom stereocenters. The van der Waals surface area contributed by atoms with Gasteiger partial charge in [-0.2, -0.15) is 0 Å². The van der Waals surface area contributed by atoms with Gasteiger partial charge in [-0.15, -0.1) is 25.6 Å². The summed E-state index contributed by atoms with van der Waals surface area (Å²) in [4.78, 5) is 2.20. The van der Waals surface area contributed by atoms with Crippen molar-refractivity contribution in [1.29, 1.82) is 0 Å². The lowest BCUT2D eigenvalue weighted by Gasteiger charge is -2.35. The minimum Gasteiger partial charge on any atom is -0.405 e. The Morgan fingerprint density at radius 1 is 1.24 bits per heavy atom. The van der Waals surface area contributed by atoms with Crippen LogP contribution in [-0.4, -0.2) is 37.4 Å². The van der Waals surface area contributed by atoms with Gasteiger partial charge in [-0.1, -0.05) is 25.1 Å². The van der Waals surface area contributed by atoms with Gasteiger partial charge in [0.2, 0.25) is 0 Å². The maximum atomic E-state index is 12.5. The number of alkyl halides is 3. The van der Waals surface area contributed by atoms with Crippen molar-refractivity contribution in [3.05, 3.63) is 29.8 Å². The average molecular weight is 325 g/mol. The molecule has 1 atom stereocenters. The number of ether oxygens (including phenoxy) is 1. The summed E-state index contributed by atoms with van der Waals surface area (Å²) in [5.41, 5.74) is 0.606. The second kappa shape index (κ2) is 7.87. The molecule has 0 bridgehead atoms. The first kappa shape index (κ1) is 18.1. The molecule has 120 valence electrons. The minimum atomic E-state index is -4.65. The SMILES string of the molecule is CC[C@H](c1ccccc1OC(F)(F)F)N1CCNCC1.Cl. The van der Waals surface area contributed by atoms with E-state index in [0.29, 0.717) is 5.56 Å². The van der Waals surface area contributed by atoms with Crippen LogP contribution < -0.4 is 10.1 Å². The largest absolute Gasteiger partial charge is 0.573 e. The van der Waals surface area contributed by atoms with E-state index in [2.05, 4.69) is 15.0 Å². The predicted molar refractivity (Wildman–Crippen MR) is 77.8 cm³/mol. The minimum absolute atomic E-state index is 0. The topological polar surface area (TPSA) is 24.5 Å². The highest BCUT2D eigenvalue weighted by Gasteiger charge is 2.33. The summed E-state index contributed by atoms with van der Waals surface area (Å²) in [5, 5.41) is 3.25. The normalized spacial score (nSPS) is 17.9. The zero-order valence-electron chi connectivity index (χ0n) is 11.8. The van der Waals surface area contributed by atoms with E-state index < -0.39 is 6.36 Å². The van der Waals surface area contributed by atoms with Crippen LogP contribution in [0.4, 0.5) is 13.2 Å². The number of nitrogens with zero attached hydrogens (tertiary/aromatic N) is 1. The lowest BCUT2D eigenvalue weighted by molar-refractivity contribution is -0.275. The van der Waals surface area contributed by atoms with Crippen LogP contribution in [0.25, 0.3) is 0 Å². The molecule has 0 saturated carbocycles. The Morgan fingerprint density at radius 2 is 1.86 bits per heavy atom. The van der Waals surface area contributed by atoms with Gasteiger partial charge >= 0.3 is 6.36 Å². The molecule has 0 radical (unpaired) electrons. The molecule has 0 amide bonds. The Kier molecular flexibility index (Phi) is 6.77. The van der Waals surface area contributed by atoms with Gasteiger partial charge < -0.3 is 10.1 Å². The van der Waals surface area contributed by atoms with Gasteiger partial charge in [-0.3, -0.25) is 4.90 Å². The van der Waals surface area contributed by atoms with Crippen LogP contribution in [-0.2, 0) is 0 Å². The van der Waals surface area contributed by atoms with Crippen molar-refractivity contribution in [2.45, 2.75) is 25.7 Å². The molecule has 7 heteroatoms. The van der Waals surface area contributed by atoms with E-state index in [1.807, 2.05) is 6.92 Å². The first-order valence-corrected chi connectivity index (χ1v) is 6.80. The van der Waals surface area contributed by atoms with Gasteiger partial charge in [-0.25, -0.2) is 0 Å². The highest BCUT2D eigenvalue weighted by Crippen LogP contribution is 2.34. The molecular weight excluding hydrogens is 305 g/mol. The van der Waals surface area contributed by atoms with E-state index in [4.69, 9.17) is 0 Å². The fraction of sp³-hybridized carbons (Fsp3) is 0.571. The quantitative estimate of drug-likeness (QED) is 0.919. The average Bonchev–Trinajstić information content (AvgIpc) is 2.41. The van der Waals surface area contributed by atoms with Crippen LogP contribution in [0, 0.1) is 0 Å². The standard InChI is InChI=1S/C14H19F3N2O.ClH/c1-2-12(19-9-7-18-8-10-19)11-5-3-4-6-13(11)20-14(15,16)17;/h3-6,12,18H,2,7-10H2,1H3;1H/t12-;/m1./s1. The number of rotatable bonds is 4. The summed E-state index contributed by atoms with van der Waals surface area (Å²) in [6.45, 7) is 5.37. The highest BCUT2D eigenvalue weighted by molar-refractivity contribution is 5.85. The van der Waals surface area contributed by atoms with Crippen molar-refractivity contribution in [1.82, 2.24) is 10.2 Å². The molecule has 1 heterocycles. The third-order valence-corrected chi connectivity index (χ3v) is 3.48. The Labute approximate surface area is 128 Å². The molecule has 2 rings (SSSR count). The maximum absolute atomic E-state index is 12.5. The molecule has 0 aromatic heterocycles. The fourth-order valence-electron chi connectivity index (χ4n) is 2.64. The van der Waals surface area contributed by atoms with Gasteiger partial charge in [0.1, 0.15) is 5.75 Å². The number of benzene rings is 1. The van der Waals surface area contributed by atoms with Crippen LogP contribution in [0.15, 0.2) is 24.3 Å². The Balaban J connectivity index is 0.00000220. The molecule has 1 aromatic rings. The number of para-hydroxylation sites is 1. The van der Waals surface area contributed by atoms with Gasteiger partial charge in [-0.05, 0) is 12.5 Å². The summed E-state index contributed by atoms with van der Waals surface area (Å²) < 4.78 is 41.6. The molecule has 1 saturated heterocycles. The molecule has 1 aliphatic heterocycles. The third kappa shape index (κ3) is 5.05. The van der Waals surface area contributed by atoms with Crippen LogP contribution in [0.2, 0.25) is 0 Å². The predicted octanol–water partition coefficient (Wildman–Crippen LogP) is 3.36. The maximum Gasteiger partial charge on any atom is 0.573 e. The van der Waals surface area contributed by atoms with Crippen molar-refractivity contribution < 1.29 is 17.9 Å². The van der Waals surface area contributed by atoms with Gasteiger partial charge in [0.25, 0.3) is 0 Å². The van der Waals surface area contributed by atoms with Crippen molar-refractivity contribution in [2.24, 2.45) is 0 Å². The first-order chi connectivity index (χ1) is 9.51. The zero-order valence-corrected chi connectivity index (χ0v) is 12.6. The number of hydrogen-bond donors (Lipinski definition) is 1. The molecule has 21 heavy (non-hydrogen) atoms. The van der Waals surface area contributed by atoms with Crippen molar-refractivity contribution in [2.75, 3.05) is 26.2 Å². The van der Waals surface area contributed by atoms with E-state index in [0.717, 1.165) is 32.6 Å². The van der Waals surface area contributed by atoms with Crippen LogP contribution >= 0.6 is 12.4 Å². The van der Waals surface area contributed by atoms with Gasteiger partial charge in [0.15, 0.2) is 0 Å². The molecule has 0 aliphatic carbocycles. The van der Waals surface area contributed by atoms with E-state index in [1.54, 1.807) is 18.2 Å². The van der Waals surface area contributed by atoms with Crippen LogP contribution in [0.5, 0.6) is 5.75 Å². The Bertz CT molecular complexity index is 436. The number of hydrogen-bond acceptors (Lipinski definition) is 3. The molecule has 0 spiro atoms. The van der Waals surface area contributed by atoms with Crippen molar-refractivity contribution in [3.63, 3.8) is 0 Å². The highest BCUT2D eigenvalue weighted by atomic mass is 35.5. The molecule has 1 aromatic carbocycles. The molecule has 1 aliphatic rings. The van der Waals surface area contributed by atoms with E-state index in [-0.39, 0.29) is 24.2 Å². The number of halogens is 4. The lowest BCUT2D eigenvalue weighted by Crippen LogP contribution is -2.45. The van der Waals surface area contributed by atoms with E-state index in [9.17, 15) is 13.2 Å². The third-order valence-electron chi connectivity index (χ3n) is 3.48. The van der Waals surface area contributed by atoms with Crippen LogP contribution in [0.3, 0.4) is 0 Å². The molecular formula is C14H20ClF3N2O. The summed E-state index contributed by atoms with van der Waals surface area (Å²) in [7, 11) is 0. The van der Waals surface area contributed by atoms with Gasteiger partial charge in [0.05, 0.1) is 0 Å². The Hall–Kier alpha value is -0.980. The monoisotopic (exact) mass is 324 g/mol. The second-order valence-electron chi connectivity index (χ2n) is 4.80. The molecule has 1 fully saturated rings.